The molecule has 0 saturated heterocycles. The molecule has 8 heteroatoms. The van der Waals surface area contributed by atoms with Crippen molar-refractivity contribution in [2.45, 2.75) is 31.5 Å². The maximum atomic E-state index is 12.1. The average Bonchev–Trinajstić information content (AvgIpc) is 3.24. The van der Waals surface area contributed by atoms with Crippen molar-refractivity contribution in [3.8, 4) is 11.5 Å². The van der Waals surface area contributed by atoms with Gasteiger partial charge in [0.15, 0.2) is 18.1 Å². The number of nitrogens with one attached hydrogen (secondary N) is 1. The summed E-state index contributed by atoms with van der Waals surface area (Å²) in [5.41, 5.74) is 0.708. The molecule has 1 N–H and O–H groups in total. The predicted molar refractivity (Wildman–Crippen MR) is 104 cm³/mol. The predicted octanol–water partition coefficient (Wildman–Crippen LogP) is 4.83. The van der Waals surface area contributed by atoms with E-state index in [9.17, 15) is 9.59 Å². The summed E-state index contributed by atoms with van der Waals surface area (Å²) in [7, 11) is 0. The Balaban J connectivity index is 1.34. The van der Waals surface area contributed by atoms with E-state index in [2.05, 4.69) is 5.32 Å². The summed E-state index contributed by atoms with van der Waals surface area (Å²) in [4.78, 5) is 24.2. The molecule has 1 aliphatic carbocycles. The van der Waals surface area contributed by atoms with Gasteiger partial charge in [0.2, 0.25) is 0 Å². The van der Waals surface area contributed by atoms with Gasteiger partial charge >= 0.3 is 5.97 Å². The smallest absolute Gasteiger partial charge is 0.338 e. The van der Waals surface area contributed by atoms with Crippen molar-refractivity contribution < 1.29 is 23.8 Å². The van der Waals surface area contributed by atoms with Gasteiger partial charge < -0.3 is 19.5 Å². The Morgan fingerprint density at radius 2 is 1.68 bits per heavy atom. The van der Waals surface area contributed by atoms with Crippen LogP contribution in [0.2, 0.25) is 10.0 Å². The molecule has 0 unspecified atom stereocenters. The van der Waals surface area contributed by atoms with E-state index in [1.54, 1.807) is 18.2 Å². The fourth-order valence-electron chi connectivity index (χ4n) is 3.37. The number of carbonyl (C=O) groups is 2. The molecule has 0 bridgehead atoms. The van der Waals surface area contributed by atoms with Gasteiger partial charge in [0.25, 0.3) is 11.7 Å². The van der Waals surface area contributed by atoms with E-state index in [-0.39, 0.29) is 5.56 Å². The van der Waals surface area contributed by atoms with E-state index >= 15 is 0 Å². The highest BCUT2D eigenvalue weighted by Crippen LogP contribution is 2.47. The Morgan fingerprint density at radius 1 is 1.00 bits per heavy atom. The summed E-state index contributed by atoms with van der Waals surface area (Å²) in [6.07, 6.45) is 3.85. The van der Waals surface area contributed by atoms with Crippen LogP contribution in [0.5, 0.6) is 11.5 Å². The van der Waals surface area contributed by atoms with Gasteiger partial charge in [-0.05, 0) is 43.2 Å². The van der Waals surface area contributed by atoms with E-state index in [1.165, 1.54) is 18.2 Å². The van der Waals surface area contributed by atoms with Crippen LogP contribution in [0, 0.1) is 0 Å². The summed E-state index contributed by atoms with van der Waals surface area (Å²) in [5, 5.41) is 3.30. The molecular weight excluding hydrogens is 405 g/mol. The third kappa shape index (κ3) is 4.03. The van der Waals surface area contributed by atoms with Crippen molar-refractivity contribution in [1.82, 2.24) is 0 Å². The Hall–Kier alpha value is -2.44. The first-order chi connectivity index (χ1) is 13.4. The first kappa shape index (κ1) is 18.9. The monoisotopic (exact) mass is 421 g/mol. The number of fused-ring (bicyclic) bond motifs is 1. The van der Waals surface area contributed by atoms with Crippen LogP contribution in [0.4, 0.5) is 5.69 Å². The molecule has 1 amide bonds. The SMILES string of the molecule is O=C(COC(=O)c1cc(Cl)cc(Cl)c1)Nc1ccc2c(c1)OC1(CCCC1)O2. The zero-order valence-electron chi connectivity index (χ0n) is 14.8. The van der Waals surface area contributed by atoms with Gasteiger partial charge in [0, 0.05) is 34.6 Å². The van der Waals surface area contributed by atoms with Crippen LogP contribution in [-0.4, -0.2) is 24.3 Å². The van der Waals surface area contributed by atoms with Crippen LogP contribution < -0.4 is 14.8 Å². The molecule has 0 radical (unpaired) electrons. The van der Waals surface area contributed by atoms with E-state index in [4.69, 9.17) is 37.4 Å². The first-order valence-electron chi connectivity index (χ1n) is 8.88. The maximum Gasteiger partial charge on any atom is 0.338 e. The summed E-state index contributed by atoms with van der Waals surface area (Å²) >= 11 is 11.7. The summed E-state index contributed by atoms with van der Waals surface area (Å²) in [5.74, 6) is -0.447. The molecule has 2 aromatic rings. The van der Waals surface area contributed by atoms with Crippen LogP contribution >= 0.6 is 23.2 Å². The minimum atomic E-state index is -0.687. The van der Waals surface area contributed by atoms with Crippen LogP contribution in [0.25, 0.3) is 0 Å². The summed E-state index contributed by atoms with van der Waals surface area (Å²) < 4.78 is 16.9. The van der Waals surface area contributed by atoms with E-state index < -0.39 is 24.3 Å². The minimum absolute atomic E-state index is 0.176. The van der Waals surface area contributed by atoms with Crippen LogP contribution in [0.15, 0.2) is 36.4 Å². The number of halogens is 2. The second-order valence-electron chi connectivity index (χ2n) is 6.77. The van der Waals surface area contributed by atoms with Gasteiger partial charge in [-0.25, -0.2) is 4.79 Å². The standard InChI is InChI=1S/C20H17Cl2NO5/c21-13-7-12(8-14(22)9-13)19(25)26-11-18(24)23-15-3-4-16-17(10-15)28-20(27-16)5-1-2-6-20/h3-4,7-10H,1-2,5-6,11H2,(H,23,24). The Kier molecular flexibility index (Phi) is 5.08. The molecular formula is C20H17Cl2NO5. The lowest BCUT2D eigenvalue weighted by molar-refractivity contribution is -0.119. The molecule has 2 aliphatic rings. The average molecular weight is 422 g/mol. The van der Waals surface area contributed by atoms with Crippen LogP contribution in [0.3, 0.4) is 0 Å². The van der Waals surface area contributed by atoms with Crippen molar-refractivity contribution in [2.24, 2.45) is 0 Å². The number of hydrogen-bond acceptors (Lipinski definition) is 5. The molecule has 146 valence electrons. The molecule has 1 spiro atoms. The second-order valence-corrected chi connectivity index (χ2v) is 7.64. The summed E-state index contributed by atoms with van der Waals surface area (Å²) in [6, 6.07) is 9.53. The lowest BCUT2D eigenvalue weighted by Crippen LogP contribution is -2.34. The largest absolute Gasteiger partial charge is 0.452 e. The van der Waals surface area contributed by atoms with Gasteiger partial charge in [-0.1, -0.05) is 23.2 Å². The molecule has 0 aromatic heterocycles. The Morgan fingerprint density at radius 3 is 2.39 bits per heavy atom. The zero-order chi connectivity index (χ0) is 19.7. The van der Waals surface area contributed by atoms with Crippen LogP contribution in [0.1, 0.15) is 36.0 Å². The molecule has 1 saturated carbocycles. The highest BCUT2D eigenvalue weighted by Gasteiger charge is 2.44. The normalized spacial score (nSPS) is 16.2. The fraction of sp³-hybridized carbons (Fsp3) is 0.300. The molecule has 4 rings (SSSR count). The van der Waals surface area contributed by atoms with Crippen molar-refractivity contribution in [3.05, 3.63) is 52.0 Å². The van der Waals surface area contributed by atoms with Gasteiger partial charge in [0.05, 0.1) is 5.56 Å². The fourth-order valence-corrected chi connectivity index (χ4v) is 3.90. The molecule has 6 nitrogen and oxygen atoms in total. The first-order valence-corrected chi connectivity index (χ1v) is 9.63. The number of esters is 1. The quantitative estimate of drug-likeness (QED) is 0.715. The van der Waals surface area contributed by atoms with Gasteiger partial charge in [-0.2, -0.15) is 0 Å². The Bertz CT molecular complexity index is 920. The maximum absolute atomic E-state index is 12.1. The van der Waals surface area contributed by atoms with Crippen LogP contribution in [-0.2, 0) is 9.53 Å². The van der Waals surface area contributed by atoms with Gasteiger partial charge in [-0.15, -0.1) is 0 Å². The topological polar surface area (TPSA) is 73.9 Å². The highest BCUT2D eigenvalue weighted by atomic mass is 35.5. The Labute approximate surface area is 171 Å². The zero-order valence-corrected chi connectivity index (χ0v) is 16.3. The molecule has 1 fully saturated rings. The van der Waals surface area contributed by atoms with Gasteiger partial charge in [0.1, 0.15) is 0 Å². The molecule has 2 aromatic carbocycles. The molecule has 1 aliphatic heterocycles. The lowest BCUT2D eigenvalue weighted by Gasteiger charge is -2.21. The number of rotatable bonds is 4. The summed E-state index contributed by atoms with van der Waals surface area (Å²) in [6.45, 7) is -0.443. The lowest BCUT2D eigenvalue weighted by atomic mass is 10.2. The van der Waals surface area contributed by atoms with Crippen molar-refractivity contribution >= 4 is 40.8 Å². The number of anilines is 1. The van der Waals surface area contributed by atoms with E-state index in [0.29, 0.717) is 27.2 Å². The van der Waals surface area contributed by atoms with E-state index in [0.717, 1.165) is 25.7 Å². The molecule has 28 heavy (non-hydrogen) atoms. The van der Waals surface area contributed by atoms with Crippen molar-refractivity contribution in [1.29, 1.82) is 0 Å². The third-order valence-electron chi connectivity index (χ3n) is 4.62. The number of benzene rings is 2. The highest BCUT2D eigenvalue weighted by molar-refractivity contribution is 6.35. The minimum Gasteiger partial charge on any atom is -0.452 e. The van der Waals surface area contributed by atoms with Gasteiger partial charge in [-0.3, -0.25) is 4.79 Å². The molecule has 0 atom stereocenters. The van der Waals surface area contributed by atoms with E-state index in [1.807, 2.05) is 0 Å². The number of carbonyl (C=O) groups excluding carboxylic acids is 2. The number of hydrogen-bond donors (Lipinski definition) is 1. The van der Waals surface area contributed by atoms with Crippen molar-refractivity contribution in [3.63, 3.8) is 0 Å². The third-order valence-corrected chi connectivity index (χ3v) is 5.05. The van der Waals surface area contributed by atoms with Crippen molar-refractivity contribution in [2.75, 3.05) is 11.9 Å². The number of ether oxygens (including phenoxy) is 3. The number of amides is 1. The molecule has 1 heterocycles. The second kappa shape index (κ2) is 7.53.